The van der Waals surface area contributed by atoms with Gasteiger partial charge in [0.1, 0.15) is 0 Å². The van der Waals surface area contributed by atoms with Crippen molar-refractivity contribution in [2.75, 3.05) is 38.6 Å². The number of para-hydroxylation sites is 1. The molecule has 0 radical (unpaired) electrons. The van der Waals surface area contributed by atoms with Gasteiger partial charge < -0.3 is 21.8 Å². The minimum atomic E-state index is 0. The van der Waals surface area contributed by atoms with Crippen molar-refractivity contribution in [3.8, 4) is 0 Å². The lowest BCUT2D eigenvalue weighted by atomic mass is 10.2. The second-order valence-electron chi connectivity index (χ2n) is 6.82. The van der Waals surface area contributed by atoms with Gasteiger partial charge in [-0.15, -0.1) is 0 Å². The van der Waals surface area contributed by atoms with Gasteiger partial charge in [-0.2, -0.15) is 0 Å². The van der Waals surface area contributed by atoms with Crippen LogP contribution in [-0.4, -0.2) is 38.2 Å². The third-order valence-electron chi connectivity index (χ3n) is 4.36. The Morgan fingerprint density at radius 2 is 1.84 bits per heavy atom. The van der Waals surface area contributed by atoms with E-state index < -0.39 is 0 Å². The molecule has 0 bridgehead atoms. The number of benzene rings is 2. The first-order valence-electron chi connectivity index (χ1n) is 8.27. The van der Waals surface area contributed by atoms with Crippen LogP contribution in [0.2, 0.25) is 5.02 Å². The first-order chi connectivity index (χ1) is 11.5. The fraction of sp³-hybridized carbons (Fsp3) is 0.300. The molecule has 0 atom stereocenters. The summed E-state index contributed by atoms with van der Waals surface area (Å²) in [6, 6.07) is 14.8. The molecule has 2 aromatic rings. The van der Waals surface area contributed by atoms with Crippen LogP contribution in [0.15, 0.2) is 64.9 Å². The summed E-state index contributed by atoms with van der Waals surface area (Å²) < 4.78 is 0.968. The van der Waals surface area contributed by atoms with Crippen LogP contribution in [0, 0.1) is 0 Å². The molecule has 134 valence electrons. The maximum Gasteiger partial charge on any atom is 0.0966 e. The SMILES string of the molecule is C=CC[N+](C)(C)CCCN1c2ccccc2Sc2ccc(Cl)cc21.[Cl-]. The fourth-order valence-corrected chi connectivity index (χ4v) is 4.38. The zero-order valence-corrected chi connectivity index (χ0v) is 17.0. The monoisotopic (exact) mass is 394 g/mol. The molecule has 0 amide bonds. The number of fused-ring (bicyclic) bond motifs is 2. The van der Waals surface area contributed by atoms with Crippen LogP contribution in [0.5, 0.6) is 0 Å². The Morgan fingerprint density at radius 3 is 2.60 bits per heavy atom. The van der Waals surface area contributed by atoms with E-state index in [1.54, 1.807) is 0 Å². The van der Waals surface area contributed by atoms with Crippen molar-refractivity contribution >= 4 is 34.7 Å². The lowest BCUT2D eigenvalue weighted by Crippen LogP contribution is -3.00. The Kier molecular flexibility index (Phi) is 6.86. The molecule has 1 aliphatic heterocycles. The third kappa shape index (κ3) is 4.73. The summed E-state index contributed by atoms with van der Waals surface area (Å²) in [6.45, 7) is 6.97. The van der Waals surface area contributed by atoms with Gasteiger partial charge in [-0.3, -0.25) is 0 Å². The molecule has 0 spiro atoms. The Labute approximate surface area is 166 Å². The highest BCUT2D eigenvalue weighted by Crippen LogP contribution is 2.48. The van der Waals surface area contributed by atoms with Crippen molar-refractivity contribution < 1.29 is 16.9 Å². The maximum absolute atomic E-state index is 6.27. The van der Waals surface area contributed by atoms with Crippen molar-refractivity contribution in [3.05, 3.63) is 60.1 Å². The second-order valence-corrected chi connectivity index (χ2v) is 8.34. The summed E-state index contributed by atoms with van der Waals surface area (Å²) in [6.07, 6.45) is 3.12. The van der Waals surface area contributed by atoms with Gasteiger partial charge in [0, 0.05) is 27.8 Å². The minimum absolute atomic E-state index is 0. The first kappa shape index (κ1) is 20.2. The third-order valence-corrected chi connectivity index (χ3v) is 5.72. The van der Waals surface area contributed by atoms with E-state index in [0.717, 1.165) is 35.6 Å². The molecule has 3 rings (SSSR count). The summed E-state index contributed by atoms with van der Waals surface area (Å²) in [4.78, 5) is 5.01. The van der Waals surface area contributed by atoms with Gasteiger partial charge in [-0.25, -0.2) is 0 Å². The molecule has 0 N–H and O–H groups in total. The number of likely N-dealkylation sites (N-methyl/N-ethyl adjacent to an activating group) is 1. The summed E-state index contributed by atoms with van der Waals surface area (Å²) in [7, 11) is 4.51. The minimum Gasteiger partial charge on any atom is -1.00 e. The number of nitrogens with zero attached hydrogens (tertiary/aromatic N) is 2. The normalized spacial score (nSPS) is 12.8. The topological polar surface area (TPSA) is 3.24 Å². The molecule has 0 saturated heterocycles. The van der Waals surface area contributed by atoms with Crippen LogP contribution in [-0.2, 0) is 0 Å². The molecule has 0 saturated carbocycles. The van der Waals surface area contributed by atoms with Gasteiger partial charge in [0.2, 0.25) is 0 Å². The molecular weight excluding hydrogens is 371 g/mol. The quantitative estimate of drug-likeness (QED) is 0.547. The number of anilines is 2. The van der Waals surface area contributed by atoms with Gasteiger partial charge in [0.15, 0.2) is 0 Å². The fourth-order valence-electron chi connectivity index (χ4n) is 3.14. The average Bonchev–Trinajstić information content (AvgIpc) is 2.54. The zero-order valence-electron chi connectivity index (χ0n) is 14.7. The van der Waals surface area contributed by atoms with E-state index in [-0.39, 0.29) is 12.4 Å². The van der Waals surface area contributed by atoms with Gasteiger partial charge in [-0.05, 0) is 36.4 Å². The van der Waals surface area contributed by atoms with Crippen LogP contribution in [0.4, 0.5) is 11.4 Å². The summed E-state index contributed by atoms with van der Waals surface area (Å²) in [5.74, 6) is 0. The molecule has 0 fully saturated rings. The van der Waals surface area contributed by atoms with E-state index in [0.29, 0.717) is 0 Å². The Balaban J connectivity index is 0.00000225. The molecule has 0 aliphatic carbocycles. The van der Waals surface area contributed by atoms with Crippen LogP contribution in [0.25, 0.3) is 0 Å². The van der Waals surface area contributed by atoms with Crippen LogP contribution < -0.4 is 17.3 Å². The molecule has 2 nitrogen and oxygen atoms in total. The Hall–Kier alpha value is -1.13. The molecule has 0 unspecified atom stereocenters. The van der Waals surface area contributed by atoms with Crippen molar-refractivity contribution in [2.45, 2.75) is 16.2 Å². The predicted molar refractivity (Wildman–Crippen MR) is 106 cm³/mol. The summed E-state index contributed by atoms with van der Waals surface area (Å²) in [5.41, 5.74) is 2.51. The highest BCUT2D eigenvalue weighted by molar-refractivity contribution is 7.99. The van der Waals surface area contributed by atoms with Crippen molar-refractivity contribution in [1.82, 2.24) is 0 Å². The van der Waals surface area contributed by atoms with Gasteiger partial charge >= 0.3 is 0 Å². The van der Waals surface area contributed by atoms with Crippen molar-refractivity contribution in [1.29, 1.82) is 0 Å². The number of halogens is 2. The lowest BCUT2D eigenvalue weighted by molar-refractivity contribution is -0.884. The zero-order chi connectivity index (χ0) is 17.2. The Bertz CT molecular complexity index is 746. The predicted octanol–water partition coefficient (Wildman–Crippen LogP) is 2.60. The number of hydrogen-bond donors (Lipinski definition) is 0. The largest absolute Gasteiger partial charge is 1.00 e. The molecular formula is C20H24Cl2N2S. The maximum atomic E-state index is 6.27. The van der Waals surface area contributed by atoms with E-state index in [2.05, 4.69) is 62.0 Å². The van der Waals surface area contributed by atoms with Gasteiger partial charge in [0.25, 0.3) is 0 Å². The molecule has 0 aromatic heterocycles. The number of rotatable bonds is 6. The summed E-state index contributed by atoms with van der Waals surface area (Å²) in [5, 5.41) is 0.793. The lowest BCUT2D eigenvalue weighted by Gasteiger charge is -2.34. The summed E-state index contributed by atoms with van der Waals surface area (Å²) >= 11 is 8.09. The standard InChI is InChI=1S/C20H24ClN2S.ClH/c1-4-13-23(2,3)14-7-12-22-17-8-5-6-9-19(17)24-20-11-10-16(21)15-18(20)22;/h4-6,8-11,15H,1,7,12-14H2,2-3H3;1H/q+1;/p-1. The molecule has 25 heavy (non-hydrogen) atoms. The highest BCUT2D eigenvalue weighted by Gasteiger charge is 2.24. The van der Waals surface area contributed by atoms with Crippen LogP contribution in [0.3, 0.4) is 0 Å². The molecule has 2 aromatic carbocycles. The number of quaternary nitrogens is 1. The average molecular weight is 395 g/mol. The highest BCUT2D eigenvalue weighted by atomic mass is 35.5. The van der Waals surface area contributed by atoms with E-state index in [1.165, 1.54) is 21.2 Å². The molecule has 1 aliphatic rings. The molecule has 5 heteroatoms. The number of hydrogen-bond acceptors (Lipinski definition) is 2. The van der Waals surface area contributed by atoms with Gasteiger partial charge in [0.05, 0.1) is 38.6 Å². The second kappa shape index (κ2) is 8.50. The Morgan fingerprint density at radius 1 is 1.12 bits per heavy atom. The van der Waals surface area contributed by atoms with E-state index in [9.17, 15) is 0 Å². The smallest absolute Gasteiger partial charge is 0.0966 e. The van der Waals surface area contributed by atoms with E-state index >= 15 is 0 Å². The van der Waals surface area contributed by atoms with Crippen molar-refractivity contribution in [3.63, 3.8) is 0 Å². The van der Waals surface area contributed by atoms with E-state index in [4.69, 9.17) is 11.6 Å². The van der Waals surface area contributed by atoms with Crippen LogP contribution in [0.1, 0.15) is 6.42 Å². The first-order valence-corrected chi connectivity index (χ1v) is 9.46. The van der Waals surface area contributed by atoms with Crippen molar-refractivity contribution in [2.24, 2.45) is 0 Å². The molecule has 1 heterocycles. The van der Waals surface area contributed by atoms with E-state index in [1.807, 2.05) is 23.9 Å². The van der Waals surface area contributed by atoms with Gasteiger partial charge in [-0.1, -0.05) is 42.1 Å². The van der Waals surface area contributed by atoms with Crippen LogP contribution >= 0.6 is 23.4 Å².